The molecule has 0 bridgehead atoms. The fraction of sp³-hybridized carbons (Fsp3) is 0.389. The zero-order valence-electron chi connectivity index (χ0n) is 15.0. The van der Waals surface area contributed by atoms with Crippen LogP contribution in [0.5, 0.6) is 0 Å². The van der Waals surface area contributed by atoms with E-state index in [-0.39, 0.29) is 18.1 Å². The van der Waals surface area contributed by atoms with Crippen molar-refractivity contribution in [2.75, 3.05) is 11.9 Å². The van der Waals surface area contributed by atoms with E-state index in [0.717, 1.165) is 22.8 Å². The van der Waals surface area contributed by atoms with Gasteiger partial charge in [0.15, 0.2) is 0 Å². The van der Waals surface area contributed by atoms with Crippen molar-refractivity contribution in [2.24, 2.45) is 0 Å². The van der Waals surface area contributed by atoms with Crippen LogP contribution < -0.4 is 10.6 Å². The lowest BCUT2D eigenvalue weighted by Crippen LogP contribution is -2.47. The Hall–Kier alpha value is -2.62. The summed E-state index contributed by atoms with van der Waals surface area (Å²) in [5.74, 6) is -0.272. The number of rotatable bonds is 4. The lowest BCUT2D eigenvalue weighted by atomic mass is 10.2. The maximum Gasteiger partial charge on any atom is 0.416 e. The third kappa shape index (κ3) is 4.80. The number of nitrogens with zero attached hydrogens (tertiary/aromatic N) is 2. The van der Waals surface area contributed by atoms with Gasteiger partial charge in [0, 0.05) is 17.6 Å². The largest absolute Gasteiger partial charge is 0.416 e. The topological polar surface area (TPSA) is 74.3 Å². The molecule has 0 saturated carbocycles. The first kappa shape index (κ1) is 20.1. The van der Waals surface area contributed by atoms with Crippen LogP contribution >= 0.6 is 11.3 Å². The summed E-state index contributed by atoms with van der Waals surface area (Å²) in [4.78, 5) is 30.6. The van der Waals surface area contributed by atoms with Crippen molar-refractivity contribution in [3.63, 3.8) is 0 Å². The number of amides is 3. The highest BCUT2D eigenvalue weighted by molar-refractivity contribution is 7.09. The number of hydrogen-bond acceptors (Lipinski definition) is 4. The number of benzene rings is 1. The Morgan fingerprint density at radius 1 is 1.29 bits per heavy atom. The Balaban J connectivity index is 1.58. The van der Waals surface area contributed by atoms with Crippen molar-refractivity contribution in [2.45, 2.75) is 38.5 Å². The summed E-state index contributed by atoms with van der Waals surface area (Å²) in [5, 5.41) is 8.10. The summed E-state index contributed by atoms with van der Waals surface area (Å²) in [7, 11) is 0. The summed E-state index contributed by atoms with van der Waals surface area (Å²) in [6, 6.07) is 3.06. The molecule has 3 amide bonds. The summed E-state index contributed by atoms with van der Waals surface area (Å²) < 4.78 is 37.9. The molecule has 1 fully saturated rings. The molecule has 1 saturated heterocycles. The maximum absolute atomic E-state index is 12.6. The number of aromatic nitrogens is 1. The van der Waals surface area contributed by atoms with Gasteiger partial charge in [0.1, 0.15) is 6.04 Å². The van der Waals surface area contributed by atoms with Crippen LogP contribution in [0.2, 0.25) is 0 Å². The van der Waals surface area contributed by atoms with Crippen LogP contribution in [-0.2, 0) is 17.5 Å². The van der Waals surface area contributed by atoms with Gasteiger partial charge in [-0.3, -0.25) is 4.79 Å². The number of thiazole rings is 1. The van der Waals surface area contributed by atoms with Crippen LogP contribution in [-0.4, -0.2) is 34.4 Å². The third-order valence-corrected chi connectivity index (χ3v) is 5.21. The average Bonchev–Trinajstić information content (AvgIpc) is 3.28. The van der Waals surface area contributed by atoms with E-state index in [9.17, 15) is 22.8 Å². The number of hydrogen-bond donors (Lipinski definition) is 2. The Morgan fingerprint density at radius 3 is 2.61 bits per heavy atom. The quantitative estimate of drug-likeness (QED) is 0.803. The van der Waals surface area contributed by atoms with Gasteiger partial charge in [-0.1, -0.05) is 0 Å². The van der Waals surface area contributed by atoms with E-state index in [1.54, 1.807) is 0 Å². The first-order valence-electron chi connectivity index (χ1n) is 8.67. The van der Waals surface area contributed by atoms with Crippen molar-refractivity contribution in [1.29, 1.82) is 0 Å². The van der Waals surface area contributed by atoms with Crippen molar-refractivity contribution in [3.05, 3.63) is 45.9 Å². The smallest absolute Gasteiger partial charge is 0.349 e. The van der Waals surface area contributed by atoms with Crippen LogP contribution in [0, 0.1) is 6.92 Å². The normalized spacial score (nSPS) is 16.9. The van der Waals surface area contributed by atoms with Gasteiger partial charge in [0.2, 0.25) is 5.91 Å². The van der Waals surface area contributed by atoms with Gasteiger partial charge in [-0.2, -0.15) is 13.2 Å². The maximum atomic E-state index is 12.6. The minimum Gasteiger partial charge on any atom is -0.349 e. The minimum atomic E-state index is -4.43. The van der Waals surface area contributed by atoms with Crippen molar-refractivity contribution < 1.29 is 22.8 Å². The molecule has 150 valence electrons. The monoisotopic (exact) mass is 412 g/mol. The predicted molar refractivity (Wildman–Crippen MR) is 98.9 cm³/mol. The molecule has 1 aromatic heterocycles. The van der Waals surface area contributed by atoms with E-state index in [4.69, 9.17) is 0 Å². The second kappa shape index (κ2) is 8.17. The lowest BCUT2D eigenvalue weighted by molar-refractivity contribution is -0.137. The fourth-order valence-corrected chi connectivity index (χ4v) is 3.62. The molecule has 0 spiro atoms. The number of carbonyl (C=O) groups excluding carboxylic acids is 2. The van der Waals surface area contributed by atoms with Gasteiger partial charge < -0.3 is 15.5 Å². The lowest BCUT2D eigenvalue weighted by Gasteiger charge is -2.24. The Morgan fingerprint density at radius 2 is 2.00 bits per heavy atom. The second-order valence-corrected chi connectivity index (χ2v) is 7.49. The number of urea groups is 1. The number of alkyl halides is 3. The molecule has 1 aliphatic rings. The van der Waals surface area contributed by atoms with E-state index in [0.29, 0.717) is 19.4 Å². The number of anilines is 1. The Labute approximate surface area is 163 Å². The first-order valence-corrected chi connectivity index (χ1v) is 9.55. The highest BCUT2D eigenvalue weighted by Gasteiger charge is 2.34. The highest BCUT2D eigenvalue weighted by atomic mass is 32.1. The average molecular weight is 412 g/mol. The molecule has 0 aliphatic carbocycles. The standard InChI is InChI=1S/C18H19F3N4O2S/c1-11-23-14(10-28-11)9-22-16(26)15-3-2-8-25(15)17(27)24-13-6-4-12(5-7-13)18(19,20)21/h4-7,10,15H,2-3,8-9H2,1H3,(H,22,26)(H,24,27). The predicted octanol–water partition coefficient (Wildman–Crippen LogP) is 3.78. The van der Waals surface area contributed by atoms with Gasteiger partial charge in [-0.15, -0.1) is 11.3 Å². The minimum absolute atomic E-state index is 0.238. The molecule has 1 aromatic carbocycles. The van der Waals surface area contributed by atoms with Gasteiger partial charge in [0.05, 0.1) is 22.8 Å². The van der Waals surface area contributed by atoms with Crippen LogP contribution in [0.25, 0.3) is 0 Å². The van der Waals surface area contributed by atoms with Gasteiger partial charge in [-0.05, 0) is 44.0 Å². The molecule has 2 N–H and O–H groups in total. The molecule has 2 aromatic rings. The van der Waals surface area contributed by atoms with Crippen molar-refractivity contribution in [1.82, 2.24) is 15.2 Å². The molecule has 0 radical (unpaired) electrons. The van der Waals surface area contributed by atoms with Crippen molar-refractivity contribution >= 4 is 29.0 Å². The second-order valence-electron chi connectivity index (χ2n) is 6.43. The Bertz CT molecular complexity index is 851. The molecule has 2 heterocycles. The zero-order valence-corrected chi connectivity index (χ0v) is 15.9. The molecule has 1 atom stereocenters. The van der Waals surface area contributed by atoms with E-state index >= 15 is 0 Å². The molecule has 6 nitrogen and oxygen atoms in total. The van der Waals surface area contributed by atoms with Crippen LogP contribution in [0.3, 0.4) is 0 Å². The number of nitrogens with one attached hydrogen (secondary N) is 2. The van der Waals surface area contributed by atoms with E-state index in [2.05, 4.69) is 15.6 Å². The summed E-state index contributed by atoms with van der Waals surface area (Å²) in [5.41, 5.74) is 0.206. The highest BCUT2D eigenvalue weighted by Crippen LogP contribution is 2.30. The van der Waals surface area contributed by atoms with Crippen LogP contribution in [0.15, 0.2) is 29.6 Å². The molecule has 10 heteroatoms. The van der Waals surface area contributed by atoms with Crippen LogP contribution in [0.1, 0.15) is 29.1 Å². The number of halogens is 3. The first-order chi connectivity index (χ1) is 13.2. The molecule has 1 unspecified atom stereocenters. The van der Waals surface area contributed by atoms with E-state index in [1.807, 2.05) is 12.3 Å². The molecular formula is C18H19F3N4O2S. The zero-order chi connectivity index (χ0) is 20.3. The van der Waals surface area contributed by atoms with Gasteiger partial charge in [0.25, 0.3) is 0 Å². The van der Waals surface area contributed by atoms with E-state index < -0.39 is 23.8 Å². The van der Waals surface area contributed by atoms with Gasteiger partial charge in [-0.25, -0.2) is 9.78 Å². The van der Waals surface area contributed by atoms with Crippen LogP contribution in [0.4, 0.5) is 23.7 Å². The fourth-order valence-electron chi connectivity index (χ4n) is 3.01. The number of likely N-dealkylation sites (tertiary alicyclic amines) is 1. The van der Waals surface area contributed by atoms with Crippen molar-refractivity contribution in [3.8, 4) is 0 Å². The SMILES string of the molecule is Cc1nc(CNC(=O)C2CCCN2C(=O)Nc2ccc(C(F)(F)F)cc2)cs1. The number of carbonyl (C=O) groups is 2. The molecule has 1 aliphatic heterocycles. The molecular weight excluding hydrogens is 393 g/mol. The van der Waals surface area contributed by atoms with Gasteiger partial charge >= 0.3 is 12.2 Å². The number of aryl methyl sites for hydroxylation is 1. The summed E-state index contributed by atoms with van der Waals surface area (Å²) >= 11 is 1.49. The molecule has 28 heavy (non-hydrogen) atoms. The van der Waals surface area contributed by atoms with E-state index in [1.165, 1.54) is 28.4 Å². The third-order valence-electron chi connectivity index (χ3n) is 4.39. The summed E-state index contributed by atoms with van der Waals surface area (Å²) in [6.45, 7) is 2.56. The molecule has 3 rings (SSSR count). The Kier molecular flexibility index (Phi) is 5.87. The summed E-state index contributed by atoms with van der Waals surface area (Å²) in [6.07, 6.45) is -3.23.